The molecule has 0 N–H and O–H groups in total. The Hall–Kier alpha value is -3.40. The normalized spacial score (nSPS) is 11.0. The van der Waals surface area contributed by atoms with Crippen molar-refractivity contribution in [1.29, 1.82) is 0 Å². The van der Waals surface area contributed by atoms with Gasteiger partial charge in [-0.2, -0.15) is 0 Å². The summed E-state index contributed by atoms with van der Waals surface area (Å²) in [5.74, 6) is 1.38. The van der Waals surface area contributed by atoms with E-state index in [0.29, 0.717) is 17.9 Å². The van der Waals surface area contributed by atoms with Gasteiger partial charge in [-0.25, -0.2) is 0 Å². The Morgan fingerprint density at radius 1 is 0.885 bits per heavy atom. The van der Waals surface area contributed by atoms with E-state index in [1.165, 1.54) is 0 Å². The second-order valence-electron chi connectivity index (χ2n) is 5.75. The molecule has 4 nitrogen and oxygen atoms in total. The standard InChI is InChI=1S/C22H19NO3/c1-17(23-26-22-11-7-18(15-24)8-12-22)20-9-13-21(14-10-20)25-16-19-5-3-2-4-6-19/h2-15H,16H2,1H3/b23-17+. The maximum absolute atomic E-state index is 10.6. The molecule has 0 atom stereocenters. The van der Waals surface area contributed by atoms with Crippen molar-refractivity contribution in [2.45, 2.75) is 13.5 Å². The van der Waals surface area contributed by atoms with Crippen LogP contribution >= 0.6 is 0 Å². The fraction of sp³-hybridized carbons (Fsp3) is 0.0909. The van der Waals surface area contributed by atoms with Gasteiger partial charge in [-0.3, -0.25) is 4.79 Å². The highest BCUT2D eigenvalue weighted by molar-refractivity contribution is 5.98. The molecule has 4 heteroatoms. The first kappa shape index (κ1) is 17.4. The van der Waals surface area contributed by atoms with E-state index in [-0.39, 0.29) is 0 Å². The van der Waals surface area contributed by atoms with Gasteiger partial charge in [0.05, 0.1) is 5.71 Å². The Morgan fingerprint density at radius 3 is 2.19 bits per heavy atom. The smallest absolute Gasteiger partial charge is 0.158 e. The molecule has 0 bridgehead atoms. The van der Waals surface area contributed by atoms with Crippen molar-refractivity contribution in [2.75, 3.05) is 0 Å². The van der Waals surface area contributed by atoms with E-state index in [9.17, 15) is 4.79 Å². The molecule has 0 aromatic heterocycles. The molecule has 3 aromatic rings. The molecule has 130 valence electrons. The highest BCUT2D eigenvalue weighted by Crippen LogP contribution is 2.16. The molecule has 0 saturated heterocycles. The molecule has 0 amide bonds. The predicted octanol–water partition coefficient (Wildman–Crippen LogP) is 4.88. The minimum atomic E-state index is 0.535. The van der Waals surface area contributed by atoms with Crippen LogP contribution in [0.4, 0.5) is 0 Å². The van der Waals surface area contributed by atoms with Crippen molar-refractivity contribution in [3.63, 3.8) is 0 Å². The summed E-state index contributed by atoms with van der Waals surface area (Å²) in [5, 5.41) is 4.13. The number of rotatable bonds is 7. The van der Waals surface area contributed by atoms with Crippen LogP contribution < -0.4 is 9.57 Å². The van der Waals surface area contributed by atoms with Crippen molar-refractivity contribution < 1.29 is 14.4 Å². The molecule has 26 heavy (non-hydrogen) atoms. The second-order valence-corrected chi connectivity index (χ2v) is 5.75. The molecular formula is C22H19NO3. The minimum Gasteiger partial charge on any atom is -0.489 e. The molecule has 0 unspecified atom stereocenters. The number of carbonyl (C=O) groups excluding carboxylic acids is 1. The number of ether oxygens (including phenoxy) is 1. The zero-order valence-electron chi connectivity index (χ0n) is 14.5. The van der Waals surface area contributed by atoms with Crippen LogP contribution in [0.2, 0.25) is 0 Å². The van der Waals surface area contributed by atoms with Crippen molar-refractivity contribution in [3.05, 3.63) is 95.6 Å². The average Bonchev–Trinajstić information content (AvgIpc) is 2.72. The Labute approximate surface area is 152 Å². The predicted molar refractivity (Wildman–Crippen MR) is 102 cm³/mol. The van der Waals surface area contributed by atoms with E-state index >= 15 is 0 Å². The molecular weight excluding hydrogens is 326 g/mol. The Kier molecular flexibility index (Phi) is 5.78. The zero-order chi connectivity index (χ0) is 18.2. The van der Waals surface area contributed by atoms with E-state index in [1.54, 1.807) is 24.3 Å². The van der Waals surface area contributed by atoms with Crippen molar-refractivity contribution in [3.8, 4) is 11.5 Å². The monoisotopic (exact) mass is 345 g/mol. The molecule has 0 saturated carbocycles. The third kappa shape index (κ3) is 4.80. The molecule has 0 radical (unpaired) electrons. The van der Waals surface area contributed by atoms with E-state index in [1.807, 2.05) is 61.5 Å². The van der Waals surface area contributed by atoms with E-state index in [0.717, 1.165) is 28.9 Å². The first-order chi connectivity index (χ1) is 12.7. The van der Waals surface area contributed by atoms with Crippen LogP contribution in [-0.4, -0.2) is 12.0 Å². The number of nitrogens with zero attached hydrogens (tertiary/aromatic N) is 1. The van der Waals surface area contributed by atoms with Crippen molar-refractivity contribution >= 4 is 12.0 Å². The first-order valence-corrected chi connectivity index (χ1v) is 8.28. The maximum atomic E-state index is 10.6. The summed E-state index contributed by atoms with van der Waals surface area (Å²) >= 11 is 0. The van der Waals surface area contributed by atoms with Gasteiger partial charge in [0.25, 0.3) is 0 Å². The minimum absolute atomic E-state index is 0.535. The average molecular weight is 345 g/mol. The fourth-order valence-corrected chi connectivity index (χ4v) is 2.31. The van der Waals surface area contributed by atoms with Crippen molar-refractivity contribution in [1.82, 2.24) is 0 Å². The molecule has 0 aliphatic heterocycles. The summed E-state index contributed by atoms with van der Waals surface area (Å²) in [6, 6.07) is 24.5. The van der Waals surface area contributed by atoms with Crippen LogP contribution in [0.5, 0.6) is 11.5 Å². The van der Waals surface area contributed by atoms with Gasteiger partial charge in [0.15, 0.2) is 5.75 Å². The lowest BCUT2D eigenvalue weighted by Gasteiger charge is -2.07. The zero-order valence-corrected chi connectivity index (χ0v) is 14.5. The molecule has 3 rings (SSSR count). The largest absolute Gasteiger partial charge is 0.489 e. The third-order valence-electron chi connectivity index (χ3n) is 3.82. The van der Waals surface area contributed by atoms with E-state index < -0.39 is 0 Å². The van der Waals surface area contributed by atoms with Crippen LogP contribution in [0.25, 0.3) is 0 Å². The van der Waals surface area contributed by atoms with Crippen LogP contribution in [0.15, 0.2) is 84.0 Å². The molecule has 0 spiro atoms. The number of oxime groups is 1. The molecule has 3 aromatic carbocycles. The molecule has 0 aliphatic carbocycles. The van der Waals surface area contributed by atoms with Gasteiger partial charge in [-0.15, -0.1) is 0 Å². The van der Waals surface area contributed by atoms with Crippen LogP contribution in [0.1, 0.15) is 28.4 Å². The summed E-state index contributed by atoms with van der Waals surface area (Å²) in [6.45, 7) is 2.41. The third-order valence-corrected chi connectivity index (χ3v) is 3.82. The van der Waals surface area contributed by atoms with Gasteiger partial charge in [-0.1, -0.05) is 35.5 Å². The summed E-state index contributed by atoms with van der Waals surface area (Å²) in [5.41, 5.74) is 3.42. The van der Waals surface area contributed by atoms with Gasteiger partial charge >= 0.3 is 0 Å². The van der Waals surface area contributed by atoms with Crippen LogP contribution in [0.3, 0.4) is 0 Å². The Morgan fingerprint density at radius 2 is 1.54 bits per heavy atom. The number of benzene rings is 3. The number of hydrogen-bond acceptors (Lipinski definition) is 4. The van der Waals surface area contributed by atoms with Gasteiger partial charge in [0, 0.05) is 5.56 Å². The summed E-state index contributed by atoms with van der Waals surface area (Å²) in [6.07, 6.45) is 0.791. The molecule has 0 fully saturated rings. The topological polar surface area (TPSA) is 47.9 Å². The van der Waals surface area contributed by atoms with Crippen LogP contribution in [-0.2, 0) is 6.61 Å². The van der Waals surface area contributed by atoms with Crippen molar-refractivity contribution in [2.24, 2.45) is 5.16 Å². The quantitative estimate of drug-likeness (QED) is 0.348. The summed E-state index contributed by atoms with van der Waals surface area (Å²) in [4.78, 5) is 16.0. The summed E-state index contributed by atoms with van der Waals surface area (Å²) in [7, 11) is 0. The fourth-order valence-electron chi connectivity index (χ4n) is 2.31. The molecule has 0 heterocycles. The highest BCUT2D eigenvalue weighted by Gasteiger charge is 2.01. The van der Waals surface area contributed by atoms with E-state index in [4.69, 9.17) is 9.57 Å². The van der Waals surface area contributed by atoms with E-state index in [2.05, 4.69) is 5.16 Å². The number of hydrogen-bond donors (Lipinski definition) is 0. The van der Waals surface area contributed by atoms with Crippen LogP contribution in [0, 0.1) is 0 Å². The first-order valence-electron chi connectivity index (χ1n) is 8.28. The SMILES string of the molecule is C/C(=N\Oc1ccc(C=O)cc1)c1ccc(OCc2ccccc2)cc1. The van der Waals surface area contributed by atoms with Gasteiger partial charge < -0.3 is 9.57 Å². The second kappa shape index (κ2) is 8.62. The Balaban J connectivity index is 1.58. The maximum Gasteiger partial charge on any atom is 0.158 e. The Bertz CT molecular complexity index is 870. The number of aldehydes is 1. The summed E-state index contributed by atoms with van der Waals surface area (Å²) < 4.78 is 5.78. The van der Waals surface area contributed by atoms with Gasteiger partial charge in [-0.05, 0) is 66.6 Å². The lowest BCUT2D eigenvalue weighted by atomic mass is 10.1. The lowest BCUT2D eigenvalue weighted by Crippen LogP contribution is -1.99. The number of carbonyl (C=O) groups is 1. The highest BCUT2D eigenvalue weighted by atomic mass is 16.6. The molecule has 0 aliphatic rings. The van der Waals surface area contributed by atoms with Gasteiger partial charge in [0.2, 0.25) is 0 Å². The van der Waals surface area contributed by atoms with Gasteiger partial charge in [0.1, 0.15) is 18.6 Å². The lowest BCUT2D eigenvalue weighted by molar-refractivity contribution is 0.112.